The average molecular weight is 478 g/mol. The van der Waals surface area contributed by atoms with Crippen LogP contribution in [-0.4, -0.2) is 73.9 Å². The Bertz CT molecular complexity index is 1470. The number of hydrogen-bond acceptors (Lipinski definition) is 9. The lowest BCUT2D eigenvalue weighted by Crippen LogP contribution is -2.31. The zero-order valence-electron chi connectivity index (χ0n) is 19.3. The molecule has 35 heavy (non-hydrogen) atoms. The van der Waals surface area contributed by atoms with Gasteiger partial charge in [-0.2, -0.15) is 4.98 Å². The highest BCUT2D eigenvalue weighted by Gasteiger charge is 2.30. The lowest BCUT2D eigenvalue weighted by Gasteiger charge is -2.17. The molecule has 11 nitrogen and oxygen atoms in total. The Kier molecular flexibility index (Phi) is 6.53. The van der Waals surface area contributed by atoms with E-state index in [0.717, 1.165) is 17.6 Å². The van der Waals surface area contributed by atoms with Crippen molar-refractivity contribution in [2.24, 2.45) is 5.92 Å². The molecule has 5 rings (SSSR count). The maximum atomic E-state index is 12.5. The summed E-state index contributed by atoms with van der Waals surface area (Å²) in [4.78, 5) is 41.6. The standard InChI is InChI=1S/C24H27N7O4/c1-35-22-5-4-18-24(29-22)31(23(34)12-27-18)7-6-30-13-16(20(32)14-30)10-25-9-15-2-3-17-19(8-15)28-21(33)11-26-17/h2-5,8,11-12,16,20,25,32H,6-7,9-10,13-14H2,1H3,(H,28,33)/t16-,20+/m0/s1. The zero-order valence-corrected chi connectivity index (χ0v) is 19.3. The Balaban J connectivity index is 1.18. The van der Waals surface area contributed by atoms with Crippen molar-refractivity contribution in [3.63, 3.8) is 0 Å². The van der Waals surface area contributed by atoms with Gasteiger partial charge in [-0.15, -0.1) is 0 Å². The number of benzene rings is 1. The SMILES string of the molecule is COc1ccc2ncc(=O)n(CCN3C[C@H](CNCc4ccc5ncc(=O)[nH]c5c4)[C@H](O)C3)c2n1. The highest BCUT2D eigenvalue weighted by atomic mass is 16.5. The quantitative estimate of drug-likeness (QED) is 0.323. The fourth-order valence-electron chi connectivity index (χ4n) is 4.52. The van der Waals surface area contributed by atoms with Gasteiger partial charge in [0.05, 0.1) is 36.6 Å². The molecule has 0 spiro atoms. The normalized spacial score (nSPS) is 18.5. The van der Waals surface area contributed by atoms with Gasteiger partial charge in [0.15, 0.2) is 5.65 Å². The molecule has 0 bridgehead atoms. The van der Waals surface area contributed by atoms with Crippen molar-refractivity contribution in [2.75, 3.05) is 33.3 Å². The Morgan fingerprint density at radius 1 is 1.11 bits per heavy atom. The van der Waals surface area contributed by atoms with Crippen molar-refractivity contribution >= 4 is 22.2 Å². The Labute approximate surface area is 200 Å². The third-order valence-electron chi connectivity index (χ3n) is 6.37. The molecule has 3 aromatic heterocycles. The Hall–Kier alpha value is -3.67. The number of pyridine rings is 1. The first kappa shape index (κ1) is 23.1. The van der Waals surface area contributed by atoms with Crippen molar-refractivity contribution in [1.82, 2.24) is 34.7 Å². The summed E-state index contributed by atoms with van der Waals surface area (Å²) in [7, 11) is 1.53. The summed E-state index contributed by atoms with van der Waals surface area (Å²) in [5, 5.41) is 14.0. The summed E-state index contributed by atoms with van der Waals surface area (Å²) < 4.78 is 6.79. The number of fused-ring (bicyclic) bond motifs is 2. The predicted octanol–water partition coefficient (Wildman–Crippen LogP) is 0.119. The van der Waals surface area contributed by atoms with E-state index in [4.69, 9.17) is 4.74 Å². The number of ether oxygens (including phenoxy) is 1. The molecule has 2 atom stereocenters. The number of aliphatic hydroxyl groups is 1. The highest BCUT2D eigenvalue weighted by Crippen LogP contribution is 2.18. The van der Waals surface area contributed by atoms with Gasteiger partial charge in [0, 0.05) is 51.3 Å². The Morgan fingerprint density at radius 2 is 1.94 bits per heavy atom. The van der Waals surface area contributed by atoms with Gasteiger partial charge in [-0.05, 0) is 23.8 Å². The van der Waals surface area contributed by atoms with E-state index in [1.807, 2.05) is 18.2 Å². The van der Waals surface area contributed by atoms with Crippen molar-refractivity contribution in [3.05, 3.63) is 69.0 Å². The third-order valence-corrected chi connectivity index (χ3v) is 6.37. The molecule has 4 aromatic rings. The fraction of sp³-hybridized carbons (Fsp3) is 0.375. The van der Waals surface area contributed by atoms with Crippen LogP contribution in [0.1, 0.15) is 5.56 Å². The average Bonchev–Trinajstić information content (AvgIpc) is 3.21. The van der Waals surface area contributed by atoms with Gasteiger partial charge in [0.25, 0.3) is 11.1 Å². The van der Waals surface area contributed by atoms with Gasteiger partial charge in [-0.25, -0.2) is 9.97 Å². The summed E-state index contributed by atoms with van der Waals surface area (Å²) >= 11 is 0. The second-order valence-corrected chi connectivity index (χ2v) is 8.76. The monoisotopic (exact) mass is 477 g/mol. The van der Waals surface area contributed by atoms with Crippen LogP contribution in [0.25, 0.3) is 22.2 Å². The van der Waals surface area contributed by atoms with Crippen LogP contribution in [-0.2, 0) is 13.1 Å². The molecule has 0 radical (unpaired) electrons. The lowest BCUT2D eigenvalue weighted by atomic mass is 10.1. The van der Waals surface area contributed by atoms with E-state index in [1.165, 1.54) is 19.5 Å². The van der Waals surface area contributed by atoms with Crippen LogP contribution in [0, 0.1) is 5.92 Å². The summed E-state index contributed by atoms with van der Waals surface area (Å²) in [6.45, 7) is 3.57. The van der Waals surface area contributed by atoms with Crippen LogP contribution in [0.4, 0.5) is 0 Å². The minimum absolute atomic E-state index is 0.0704. The van der Waals surface area contributed by atoms with Crippen LogP contribution in [0.2, 0.25) is 0 Å². The number of rotatable bonds is 8. The maximum absolute atomic E-state index is 12.5. The van der Waals surface area contributed by atoms with Gasteiger partial charge >= 0.3 is 0 Å². The van der Waals surface area contributed by atoms with E-state index >= 15 is 0 Å². The minimum atomic E-state index is -0.455. The lowest BCUT2D eigenvalue weighted by molar-refractivity contribution is 0.140. The molecule has 0 amide bonds. The van der Waals surface area contributed by atoms with Gasteiger partial charge in [0.1, 0.15) is 5.52 Å². The topological polar surface area (TPSA) is 138 Å². The molecule has 0 unspecified atom stereocenters. The molecule has 1 aliphatic rings. The summed E-state index contributed by atoms with van der Waals surface area (Å²) in [5.74, 6) is 0.497. The maximum Gasteiger partial charge on any atom is 0.270 e. The molecule has 182 valence electrons. The first-order valence-corrected chi connectivity index (χ1v) is 11.5. The zero-order chi connectivity index (χ0) is 24.4. The van der Waals surface area contributed by atoms with Gasteiger partial charge in [-0.3, -0.25) is 19.1 Å². The van der Waals surface area contributed by atoms with Crippen LogP contribution in [0.3, 0.4) is 0 Å². The third kappa shape index (κ3) is 5.06. The number of aromatic amines is 1. The molecule has 1 saturated heterocycles. The predicted molar refractivity (Wildman–Crippen MR) is 130 cm³/mol. The van der Waals surface area contributed by atoms with Crippen molar-refractivity contribution in [2.45, 2.75) is 19.2 Å². The number of aliphatic hydroxyl groups excluding tert-OH is 1. The largest absolute Gasteiger partial charge is 0.481 e. The van der Waals surface area contributed by atoms with Gasteiger partial charge in [0.2, 0.25) is 5.88 Å². The second-order valence-electron chi connectivity index (χ2n) is 8.76. The van der Waals surface area contributed by atoms with Crippen molar-refractivity contribution < 1.29 is 9.84 Å². The van der Waals surface area contributed by atoms with Crippen LogP contribution in [0.5, 0.6) is 5.88 Å². The van der Waals surface area contributed by atoms with Gasteiger partial charge < -0.3 is 20.1 Å². The molecule has 1 aliphatic heterocycles. The number of H-pyrrole nitrogens is 1. The summed E-state index contributed by atoms with van der Waals surface area (Å²) in [6, 6.07) is 9.25. The number of hydrogen-bond donors (Lipinski definition) is 3. The van der Waals surface area contributed by atoms with E-state index in [-0.39, 0.29) is 17.0 Å². The van der Waals surface area contributed by atoms with Crippen LogP contribution >= 0.6 is 0 Å². The molecular formula is C24H27N7O4. The molecular weight excluding hydrogens is 450 g/mol. The van der Waals surface area contributed by atoms with E-state index < -0.39 is 6.10 Å². The number of nitrogens with zero attached hydrogens (tertiary/aromatic N) is 5. The van der Waals surface area contributed by atoms with Crippen molar-refractivity contribution in [1.29, 1.82) is 0 Å². The first-order chi connectivity index (χ1) is 17.0. The molecule has 1 fully saturated rings. The van der Waals surface area contributed by atoms with Crippen molar-refractivity contribution in [3.8, 4) is 5.88 Å². The second kappa shape index (κ2) is 9.90. The van der Waals surface area contributed by atoms with Gasteiger partial charge in [-0.1, -0.05) is 6.07 Å². The van der Waals surface area contributed by atoms with E-state index in [0.29, 0.717) is 55.3 Å². The first-order valence-electron chi connectivity index (χ1n) is 11.5. The minimum Gasteiger partial charge on any atom is -0.481 e. The number of nitrogens with one attached hydrogen (secondary N) is 2. The molecule has 4 heterocycles. The molecule has 0 saturated carbocycles. The number of methoxy groups -OCH3 is 1. The highest BCUT2D eigenvalue weighted by molar-refractivity contribution is 5.74. The van der Waals surface area contributed by atoms with Crippen LogP contribution in [0.15, 0.2) is 52.3 Å². The molecule has 1 aromatic carbocycles. The number of β-amino-alcohol motifs (C(OH)–C–C–N with tert-alkyl or cyclic N) is 1. The summed E-state index contributed by atoms with van der Waals surface area (Å²) in [5.41, 5.74) is 3.14. The van der Waals surface area contributed by atoms with Crippen LogP contribution < -0.4 is 21.2 Å². The smallest absolute Gasteiger partial charge is 0.270 e. The Morgan fingerprint density at radius 3 is 2.80 bits per heavy atom. The number of likely N-dealkylation sites (tertiary alicyclic amines) is 1. The molecule has 0 aliphatic carbocycles. The van der Waals surface area contributed by atoms with E-state index in [2.05, 4.69) is 30.2 Å². The van der Waals surface area contributed by atoms with E-state index in [1.54, 1.807) is 16.7 Å². The number of aromatic nitrogens is 5. The summed E-state index contributed by atoms with van der Waals surface area (Å²) in [6.07, 6.45) is 2.12. The molecule has 11 heteroatoms. The molecule has 3 N–H and O–H groups in total. The fourth-order valence-corrected chi connectivity index (χ4v) is 4.52. The van der Waals surface area contributed by atoms with E-state index in [9.17, 15) is 14.7 Å².